The number of nitriles is 1. The highest BCUT2D eigenvalue weighted by atomic mass is 35.5. The molecule has 0 saturated heterocycles. The van der Waals surface area contributed by atoms with Crippen LogP contribution in [0.1, 0.15) is 26.7 Å². The Balaban J connectivity index is 2.39. The van der Waals surface area contributed by atoms with Gasteiger partial charge in [-0.05, 0) is 23.4 Å². The summed E-state index contributed by atoms with van der Waals surface area (Å²) < 4.78 is 0. The zero-order chi connectivity index (χ0) is 13.1. The van der Waals surface area contributed by atoms with E-state index < -0.39 is 5.92 Å². The van der Waals surface area contributed by atoms with E-state index in [1.807, 2.05) is 30.5 Å². The smallest absolute Gasteiger partial charge is 0.195 e. The zero-order valence-electron chi connectivity index (χ0n) is 9.68. The molecular weight excluding hydrogens is 266 g/mol. The molecule has 0 fully saturated rings. The predicted octanol–water partition coefficient (Wildman–Crippen LogP) is 4.20. The third-order valence-electron chi connectivity index (χ3n) is 2.65. The SMILES string of the molecule is Cc1csc(C(=O)C(C#N)c2ccccc2)c1Cl. The van der Waals surface area contributed by atoms with Crippen LogP contribution in [0.2, 0.25) is 5.02 Å². The number of hydrogen-bond acceptors (Lipinski definition) is 3. The molecule has 2 nitrogen and oxygen atoms in total. The molecule has 1 unspecified atom stereocenters. The lowest BCUT2D eigenvalue weighted by Gasteiger charge is -2.07. The Hall–Kier alpha value is -1.63. The number of Topliss-reactive ketones (excluding diaryl/α,β-unsaturated/α-hetero) is 1. The minimum absolute atomic E-state index is 0.230. The molecule has 1 atom stereocenters. The van der Waals surface area contributed by atoms with Crippen LogP contribution in [0.4, 0.5) is 0 Å². The second-order valence-corrected chi connectivity index (χ2v) is 5.16. The summed E-state index contributed by atoms with van der Waals surface area (Å²) in [6.45, 7) is 1.85. The lowest BCUT2D eigenvalue weighted by atomic mass is 9.95. The third-order valence-corrected chi connectivity index (χ3v) is 4.36. The fourth-order valence-electron chi connectivity index (χ4n) is 1.66. The second-order valence-electron chi connectivity index (χ2n) is 3.90. The van der Waals surface area contributed by atoms with Crippen LogP contribution in [0, 0.1) is 18.3 Å². The number of nitrogens with zero attached hydrogens (tertiary/aromatic N) is 1. The van der Waals surface area contributed by atoms with Crippen molar-refractivity contribution in [2.24, 2.45) is 0 Å². The Bertz CT molecular complexity index is 612. The number of halogens is 1. The predicted molar refractivity (Wildman–Crippen MR) is 73.2 cm³/mol. The van der Waals surface area contributed by atoms with Crippen LogP contribution in [-0.4, -0.2) is 5.78 Å². The summed E-state index contributed by atoms with van der Waals surface area (Å²) in [7, 11) is 0. The maximum absolute atomic E-state index is 12.3. The lowest BCUT2D eigenvalue weighted by molar-refractivity contribution is 0.0983. The Morgan fingerprint density at radius 3 is 2.56 bits per heavy atom. The number of carbonyl (C=O) groups is 1. The van der Waals surface area contributed by atoms with Crippen molar-refractivity contribution in [1.29, 1.82) is 5.26 Å². The molecular formula is C14H10ClNOS. The Morgan fingerprint density at radius 2 is 2.06 bits per heavy atom. The summed E-state index contributed by atoms with van der Waals surface area (Å²) >= 11 is 7.36. The first kappa shape index (κ1) is 12.8. The quantitative estimate of drug-likeness (QED) is 0.788. The molecule has 0 saturated carbocycles. The van der Waals surface area contributed by atoms with Crippen molar-refractivity contribution in [2.45, 2.75) is 12.8 Å². The van der Waals surface area contributed by atoms with Crippen LogP contribution < -0.4 is 0 Å². The topological polar surface area (TPSA) is 40.9 Å². The first-order valence-electron chi connectivity index (χ1n) is 5.37. The summed E-state index contributed by atoms with van der Waals surface area (Å²) in [5, 5.41) is 11.5. The molecule has 0 aliphatic heterocycles. The van der Waals surface area contributed by atoms with Gasteiger partial charge >= 0.3 is 0 Å². The van der Waals surface area contributed by atoms with Crippen LogP contribution in [-0.2, 0) is 0 Å². The fraction of sp³-hybridized carbons (Fsp3) is 0.143. The second kappa shape index (κ2) is 5.34. The first-order valence-corrected chi connectivity index (χ1v) is 6.63. The molecule has 1 aromatic heterocycles. The van der Waals surface area contributed by atoms with E-state index in [2.05, 4.69) is 6.07 Å². The van der Waals surface area contributed by atoms with Crippen LogP contribution in [0.25, 0.3) is 0 Å². The van der Waals surface area contributed by atoms with Crippen LogP contribution in [0.5, 0.6) is 0 Å². The van der Waals surface area contributed by atoms with Crippen LogP contribution >= 0.6 is 22.9 Å². The van der Waals surface area contributed by atoms with E-state index in [-0.39, 0.29) is 5.78 Å². The number of carbonyl (C=O) groups excluding carboxylic acids is 1. The van der Waals surface area contributed by atoms with Gasteiger partial charge in [0, 0.05) is 0 Å². The molecule has 1 aromatic carbocycles. The Kier molecular flexibility index (Phi) is 3.81. The van der Waals surface area contributed by atoms with E-state index in [1.54, 1.807) is 12.1 Å². The normalized spacial score (nSPS) is 11.8. The molecule has 2 aromatic rings. The van der Waals surface area contributed by atoms with Gasteiger partial charge in [0.2, 0.25) is 0 Å². The van der Waals surface area contributed by atoms with E-state index >= 15 is 0 Å². The van der Waals surface area contributed by atoms with Gasteiger partial charge in [-0.1, -0.05) is 41.9 Å². The molecule has 0 aliphatic carbocycles. The van der Waals surface area contributed by atoms with E-state index in [9.17, 15) is 10.1 Å². The number of thiophene rings is 1. The zero-order valence-corrected chi connectivity index (χ0v) is 11.3. The number of hydrogen-bond donors (Lipinski definition) is 0. The van der Waals surface area contributed by atoms with Crippen molar-refractivity contribution in [3.63, 3.8) is 0 Å². The third kappa shape index (κ3) is 2.31. The minimum Gasteiger partial charge on any atom is -0.291 e. The van der Waals surface area contributed by atoms with E-state index in [1.165, 1.54) is 11.3 Å². The highest BCUT2D eigenvalue weighted by molar-refractivity contribution is 7.13. The van der Waals surface area contributed by atoms with Gasteiger partial charge in [0.25, 0.3) is 0 Å². The van der Waals surface area contributed by atoms with Gasteiger partial charge < -0.3 is 0 Å². The lowest BCUT2D eigenvalue weighted by Crippen LogP contribution is -2.10. The molecule has 2 rings (SSSR count). The monoisotopic (exact) mass is 275 g/mol. The van der Waals surface area contributed by atoms with E-state index in [4.69, 9.17) is 11.6 Å². The molecule has 0 aliphatic rings. The minimum atomic E-state index is -0.790. The van der Waals surface area contributed by atoms with E-state index in [0.717, 1.165) is 5.56 Å². The average molecular weight is 276 g/mol. The van der Waals surface area contributed by atoms with Gasteiger partial charge in [-0.2, -0.15) is 5.26 Å². The molecule has 0 spiro atoms. The van der Waals surface area contributed by atoms with Crippen LogP contribution in [0.15, 0.2) is 35.7 Å². The number of benzene rings is 1. The summed E-state index contributed by atoms with van der Waals surface area (Å²) in [6, 6.07) is 11.1. The summed E-state index contributed by atoms with van der Waals surface area (Å²) in [6.07, 6.45) is 0. The van der Waals surface area contributed by atoms with Crippen molar-refractivity contribution < 1.29 is 4.79 Å². The largest absolute Gasteiger partial charge is 0.291 e. The van der Waals surface area contributed by atoms with Crippen molar-refractivity contribution in [2.75, 3.05) is 0 Å². The number of aryl methyl sites for hydroxylation is 1. The Morgan fingerprint density at radius 1 is 1.39 bits per heavy atom. The highest BCUT2D eigenvalue weighted by Gasteiger charge is 2.25. The standard InChI is InChI=1S/C14H10ClNOS/c1-9-8-18-14(12(9)15)13(17)11(7-16)10-5-3-2-4-6-10/h2-6,8,11H,1H3. The van der Waals surface area contributed by atoms with Gasteiger partial charge in [0.15, 0.2) is 5.78 Å². The van der Waals surface area contributed by atoms with Gasteiger partial charge in [-0.25, -0.2) is 0 Å². The molecule has 0 N–H and O–H groups in total. The molecule has 0 bridgehead atoms. The molecule has 90 valence electrons. The highest BCUT2D eigenvalue weighted by Crippen LogP contribution is 2.31. The maximum Gasteiger partial charge on any atom is 0.195 e. The molecule has 18 heavy (non-hydrogen) atoms. The number of ketones is 1. The molecule has 4 heteroatoms. The summed E-state index contributed by atoms with van der Waals surface area (Å²) in [5.74, 6) is -1.02. The summed E-state index contributed by atoms with van der Waals surface area (Å²) in [4.78, 5) is 12.8. The number of rotatable bonds is 3. The molecule has 0 radical (unpaired) electrons. The summed E-state index contributed by atoms with van der Waals surface area (Å²) in [5.41, 5.74) is 1.57. The van der Waals surface area contributed by atoms with Crippen molar-refractivity contribution in [1.82, 2.24) is 0 Å². The molecule has 0 amide bonds. The van der Waals surface area contributed by atoms with Gasteiger partial charge in [0.05, 0.1) is 16.0 Å². The van der Waals surface area contributed by atoms with Crippen molar-refractivity contribution in [3.8, 4) is 6.07 Å². The molecule has 1 heterocycles. The van der Waals surface area contributed by atoms with Crippen LogP contribution in [0.3, 0.4) is 0 Å². The Labute approximate surface area is 114 Å². The average Bonchev–Trinajstić information content (AvgIpc) is 2.72. The van der Waals surface area contributed by atoms with Gasteiger partial charge in [-0.15, -0.1) is 11.3 Å². The van der Waals surface area contributed by atoms with Crippen molar-refractivity contribution >= 4 is 28.7 Å². The van der Waals surface area contributed by atoms with Gasteiger partial charge in [-0.3, -0.25) is 4.79 Å². The maximum atomic E-state index is 12.3. The van der Waals surface area contributed by atoms with Gasteiger partial charge in [0.1, 0.15) is 5.92 Å². The first-order chi connectivity index (χ1) is 8.65. The van der Waals surface area contributed by atoms with E-state index in [0.29, 0.717) is 15.5 Å². The van der Waals surface area contributed by atoms with Crippen molar-refractivity contribution in [3.05, 3.63) is 56.7 Å². The fourth-order valence-corrected chi connectivity index (χ4v) is 2.91.